The third-order valence-electron chi connectivity index (χ3n) is 4.57. The minimum Gasteiger partial charge on any atom is -0.495 e. The van der Waals surface area contributed by atoms with Gasteiger partial charge in [0, 0.05) is 37.9 Å². The number of hydrogen-bond acceptors (Lipinski definition) is 5. The highest BCUT2D eigenvalue weighted by Crippen LogP contribution is 2.30. The van der Waals surface area contributed by atoms with E-state index in [-0.39, 0.29) is 36.8 Å². The van der Waals surface area contributed by atoms with Crippen LogP contribution in [0.1, 0.15) is 18.0 Å². The van der Waals surface area contributed by atoms with Gasteiger partial charge in [0.05, 0.1) is 19.0 Å². The van der Waals surface area contributed by atoms with Gasteiger partial charge in [0.15, 0.2) is 0 Å². The molecule has 1 saturated heterocycles. The third kappa shape index (κ3) is 5.28. The summed E-state index contributed by atoms with van der Waals surface area (Å²) in [4.78, 5) is 14.9. The van der Waals surface area contributed by atoms with Gasteiger partial charge in [0.1, 0.15) is 11.8 Å². The van der Waals surface area contributed by atoms with Crippen molar-refractivity contribution >= 4 is 36.4 Å². The van der Waals surface area contributed by atoms with Crippen molar-refractivity contribution < 1.29 is 9.53 Å². The predicted molar refractivity (Wildman–Crippen MR) is 111 cm³/mol. The van der Waals surface area contributed by atoms with Gasteiger partial charge in [0.25, 0.3) is 0 Å². The van der Waals surface area contributed by atoms with E-state index < -0.39 is 6.04 Å². The second-order valence-electron chi connectivity index (χ2n) is 6.28. The Morgan fingerprint density at radius 1 is 1.33 bits per heavy atom. The van der Waals surface area contributed by atoms with Crippen LogP contribution < -0.4 is 20.3 Å². The van der Waals surface area contributed by atoms with Gasteiger partial charge in [-0.2, -0.15) is 5.10 Å². The predicted octanol–water partition coefficient (Wildman–Crippen LogP) is 1.93. The Kier molecular flexibility index (Phi) is 8.88. The molecule has 1 fully saturated rings. The lowest BCUT2D eigenvalue weighted by molar-refractivity contribution is -0.123. The van der Waals surface area contributed by atoms with E-state index in [1.807, 2.05) is 31.4 Å². The van der Waals surface area contributed by atoms with E-state index in [2.05, 4.69) is 26.7 Å². The Morgan fingerprint density at radius 2 is 2.07 bits per heavy atom. The zero-order valence-electron chi connectivity index (χ0n) is 15.7. The average Bonchev–Trinajstić information content (AvgIpc) is 3.25. The van der Waals surface area contributed by atoms with Crippen LogP contribution in [0.25, 0.3) is 0 Å². The molecule has 2 N–H and O–H groups in total. The maximum absolute atomic E-state index is 12.7. The van der Waals surface area contributed by atoms with Crippen molar-refractivity contribution in [2.24, 2.45) is 7.05 Å². The number of methoxy groups -OCH3 is 1. The molecule has 0 spiro atoms. The van der Waals surface area contributed by atoms with Gasteiger partial charge in [-0.25, -0.2) is 0 Å². The van der Waals surface area contributed by atoms with Crippen molar-refractivity contribution in [1.82, 2.24) is 20.4 Å². The van der Waals surface area contributed by atoms with E-state index >= 15 is 0 Å². The number of hydrogen-bond donors (Lipinski definition) is 2. The molecule has 1 amide bonds. The number of aromatic nitrogens is 2. The molecule has 1 aliphatic rings. The van der Waals surface area contributed by atoms with Gasteiger partial charge in [0.2, 0.25) is 5.91 Å². The molecule has 0 bridgehead atoms. The smallest absolute Gasteiger partial charge is 0.242 e. The number of carbonyl (C=O) groups excluding carboxylic acids is 1. The molecular formula is C18H27Cl2N5O2. The number of ether oxygens (including phenoxy) is 1. The summed E-state index contributed by atoms with van der Waals surface area (Å²) in [5, 5.41) is 10.4. The number of benzene rings is 1. The quantitative estimate of drug-likeness (QED) is 0.753. The minimum atomic E-state index is -0.394. The van der Waals surface area contributed by atoms with Gasteiger partial charge < -0.3 is 20.3 Å². The highest BCUT2D eigenvalue weighted by Gasteiger charge is 2.28. The molecule has 7 nitrogen and oxygen atoms in total. The van der Waals surface area contributed by atoms with Crippen molar-refractivity contribution in [3.63, 3.8) is 0 Å². The molecule has 3 rings (SSSR count). The van der Waals surface area contributed by atoms with Crippen LogP contribution in [-0.4, -0.2) is 49.0 Å². The molecule has 2 atom stereocenters. The molecule has 2 unspecified atom stereocenters. The van der Waals surface area contributed by atoms with Crippen molar-refractivity contribution in [2.75, 3.05) is 32.1 Å². The van der Waals surface area contributed by atoms with Crippen LogP contribution in [0.2, 0.25) is 0 Å². The fourth-order valence-electron chi connectivity index (χ4n) is 3.31. The van der Waals surface area contributed by atoms with Crippen LogP contribution in [-0.2, 0) is 11.8 Å². The van der Waals surface area contributed by atoms with E-state index in [0.29, 0.717) is 0 Å². The largest absolute Gasteiger partial charge is 0.495 e. The molecule has 0 radical (unpaired) electrons. The highest BCUT2D eigenvalue weighted by molar-refractivity contribution is 5.85. The molecule has 9 heteroatoms. The second kappa shape index (κ2) is 10.4. The number of para-hydroxylation sites is 2. The lowest BCUT2D eigenvalue weighted by Crippen LogP contribution is -2.43. The number of rotatable bonds is 6. The van der Waals surface area contributed by atoms with Gasteiger partial charge >= 0.3 is 0 Å². The number of aryl methyl sites for hydroxylation is 1. The average molecular weight is 416 g/mol. The topological polar surface area (TPSA) is 71.4 Å². The molecular weight excluding hydrogens is 389 g/mol. The fraction of sp³-hybridized carbons (Fsp3) is 0.444. The monoisotopic (exact) mass is 415 g/mol. The molecule has 0 saturated carbocycles. The van der Waals surface area contributed by atoms with E-state index in [1.165, 1.54) is 0 Å². The molecule has 150 valence electrons. The molecule has 1 aromatic carbocycles. The van der Waals surface area contributed by atoms with E-state index in [4.69, 9.17) is 4.74 Å². The summed E-state index contributed by atoms with van der Waals surface area (Å²) in [6.45, 7) is 1.66. The number of likely N-dealkylation sites (N-methyl/N-ethyl adjacent to an activating group) is 1. The second-order valence-corrected chi connectivity index (χ2v) is 6.28. The fourth-order valence-corrected chi connectivity index (χ4v) is 3.31. The van der Waals surface area contributed by atoms with Crippen LogP contribution in [0.15, 0.2) is 36.7 Å². The van der Waals surface area contributed by atoms with Crippen molar-refractivity contribution in [3.8, 4) is 5.75 Å². The standard InChI is InChI=1S/C18H25N5O2.2ClH/c1-19-17(13-10-20-22(2)11-13)18(24)21-14-8-9-23(12-14)15-6-4-5-7-16(15)25-3;;/h4-7,10-11,14,17,19H,8-9,12H2,1-3H3,(H,21,24);2*1H. The summed E-state index contributed by atoms with van der Waals surface area (Å²) < 4.78 is 7.14. The van der Waals surface area contributed by atoms with Gasteiger partial charge in [-0.1, -0.05) is 12.1 Å². The first kappa shape index (κ1) is 23.1. The zero-order chi connectivity index (χ0) is 17.8. The number of nitrogens with one attached hydrogen (secondary N) is 2. The van der Waals surface area contributed by atoms with Crippen LogP contribution >= 0.6 is 24.8 Å². The number of amides is 1. The van der Waals surface area contributed by atoms with Crippen molar-refractivity contribution in [3.05, 3.63) is 42.2 Å². The Morgan fingerprint density at radius 3 is 2.70 bits per heavy atom. The number of carbonyl (C=O) groups is 1. The van der Waals surface area contributed by atoms with Crippen LogP contribution in [0.3, 0.4) is 0 Å². The molecule has 0 aliphatic carbocycles. The summed E-state index contributed by atoms with van der Waals surface area (Å²) >= 11 is 0. The summed E-state index contributed by atoms with van der Waals surface area (Å²) in [5.41, 5.74) is 1.93. The third-order valence-corrected chi connectivity index (χ3v) is 4.57. The Bertz CT molecular complexity index is 740. The molecule has 1 aliphatic heterocycles. The zero-order valence-corrected chi connectivity index (χ0v) is 17.3. The maximum atomic E-state index is 12.7. The molecule has 2 aromatic rings. The van der Waals surface area contributed by atoms with Gasteiger partial charge in [-0.15, -0.1) is 24.8 Å². The molecule has 2 heterocycles. The van der Waals surface area contributed by atoms with Gasteiger partial charge in [-0.05, 0) is 25.6 Å². The van der Waals surface area contributed by atoms with E-state index in [1.54, 1.807) is 25.0 Å². The molecule has 1 aromatic heterocycles. The Balaban J connectivity index is 0.00000182. The van der Waals surface area contributed by atoms with Gasteiger partial charge in [-0.3, -0.25) is 9.48 Å². The van der Waals surface area contributed by atoms with E-state index in [9.17, 15) is 4.79 Å². The number of halogens is 2. The van der Waals surface area contributed by atoms with Crippen LogP contribution in [0.5, 0.6) is 5.75 Å². The molecule has 27 heavy (non-hydrogen) atoms. The minimum absolute atomic E-state index is 0. The lowest BCUT2D eigenvalue weighted by Gasteiger charge is -2.22. The van der Waals surface area contributed by atoms with Crippen molar-refractivity contribution in [1.29, 1.82) is 0 Å². The first-order valence-corrected chi connectivity index (χ1v) is 8.46. The Hall–Kier alpha value is -1.96. The number of anilines is 1. The number of nitrogens with zero attached hydrogens (tertiary/aromatic N) is 3. The van der Waals surface area contributed by atoms with E-state index in [0.717, 1.165) is 36.5 Å². The SMILES string of the molecule is CNC(C(=O)NC1CCN(c2ccccc2OC)C1)c1cnn(C)c1.Cl.Cl. The summed E-state index contributed by atoms with van der Waals surface area (Å²) in [5.74, 6) is 0.834. The first-order chi connectivity index (χ1) is 12.1. The van der Waals surface area contributed by atoms with Crippen LogP contribution in [0.4, 0.5) is 5.69 Å². The normalized spacial score (nSPS) is 16.9. The van der Waals surface area contributed by atoms with Crippen LogP contribution in [0, 0.1) is 0 Å². The summed E-state index contributed by atoms with van der Waals surface area (Å²) in [7, 11) is 5.31. The summed E-state index contributed by atoms with van der Waals surface area (Å²) in [6.07, 6.45) is 4.49. The lowest BCUT2D eigenvalue weighted by atomic mass is 10.1. The summed E-state index contributed by atoms with van der Waals surface area (Å²) in [6, 6.07) is 7.70. The first-order valence-electron chi connectivity index (χ1n) is 8.46. The Labute approximate surface area is 172 Å². The van der Waals surface area contributed by atoms with Crippen molar-refractivity contribution in [2.45, 2.75) is 18.5 Å². The highest BCUT2D eigenvalue weighted by atomic mass is 35.5. The maximum Gasteiger partial charge on any atom is 0.242 e.